The summed E-state index contributed by atoms with van der Waals surface area (Å²) in [6, 6.07) is 8.19. The van der Waals surface area contributed by atoms with Crippen LogP contribution in [0.15, 0.2) is 24.3 Å². The van der Waals surface area contributed by atoms with Gasteiger partial charge in [0.2, 0.25) is 5.91 Å². The molecule has 4 nitrogen and oxygen atoms in total. The van der Waals surface area contributed by atoms with E-state index in [0.29, 0.717) is 25.4 Å². The highest BCUT2D eigenvalue weighted by Crippen LogP contribution is 2.22. The molecule has 0 aliphatic rings. The van der Waals surface area contributed by atoms with Crippen LogP contribution in [0, 0.1) is 5.92 Å². The Kier molecular flexibility index (Phi) is 6.14. The van der Waals surface area contributed by atoms with Crippen LogP contribution < -0.4 is 11.1 Å². The number of carbonyl (C=O) groups excluding carboxylic acids is 1. The molecule has 2 rings (SSSR count). The van der Waals surface area contributed by atoms with Gasteiger partial charge in [-0.05, 0) is 43.9 Å². The number of aromatic nitrogens is 1. The summed E-state index contributed by atoms with van der Waals surface area (Å²) in [6.07, 6.45) is 3.44. The molecule has 3 N–H and O–H groups in total. The first-order valence-corrected chi connectivity index (χ1v) is 8.32. The highest BCUT2D eigenvalue weighted by molar-refractivity contribution is 7.18. The number of amides is 1. The van der Waals surface area contributed by atoms with Gasteiger partial charge in [-0.25, -0.2) is 4.98 Å². The van der Waals surface area contributed by atoms with Gasteiger partial charge in [-0.15, -0.1) is 11.3 Å². The number of para-hydroxylation sites is 1. The molecule has 1 amide bonds. The minimum atomic E-state index is 0.125. The number of nitrogens with zero attached hydrogens (tertiary/aromatic N) is 1. The number of rotatable bonds is 8. The summed E-state index contributed by atoms with van der Waals surface area (Å²) in [5, 5.41) is 4.08. The lowest BCUT2D eigenvalue weighted by atomic mass is 10.1. The van der Waals surface area contributed by atoms with Gasteiger partial charge in [0, 0.05) is 13.0 Å². The molecular formula is C16H23N3OS. The zero-order chi connectivity index (χ0) is 15.1. The van der Waals surface area contributed by atoms with Crippen molar-refractivity contribution in [1.82, 2.24) is 10.3 Å². The fourth-order valence-electron chi connectivity index (χ4n) is 2.05. The van der Waals surface area contributed by atoms with Gasteiger partial charge in [-0.2, -0.15) is 0 Å². The van der Waals surface area contributed by atoms with Crippen LogP contribution in [0.2, 0.25) is 0 Å². The second-order valence-corrected chi connectivity index (χ2v) is 6.54. The Morgan fingerprint density at radius 2 is 2.19 bits per heavy atom. The van der Waals surface area contributed by atoms with Gasteiger partial charge in [0.05, 0.1) is 15.2 Å². The quantitative estimate of drug-likeness (QED) is 0.737. The van der Waals surface area contributed by atoms with Crippen LogP contribution in [0.3, 0.4) is 0 Å². The predicted molar refractivity (Wildman–Crippen MR) is 88.4 cm³/mol. The minimum absolute atomic E-state index is 0.125. The molecule has 0 spiro atoms. The van der Waals surface area contributed by atoms with E-state index < -0.39 is 0 Å². The average molecular weight is 305 g/mol. The summed E-state index contributed by atoms with van der Waals surface area (Å²) in [6.45, 7) is 3.32. The molecule has 114 valence electrons. The topological polar surface area (TPSA) is 68.0 Å². The van der Waals surface area contributed by atoms with E-state index in [-0.39, 0.29) is 5.91 Å². The van der Waals surface area contributed by atoms with Crippen LogP contribution >= 0.6 is 11.3 Å². The molecule has 0 fully saturated rings. The number of nitrogens with two attached hydrogens (primary N) is 1. The van der Waals surface area contributed by atoms with Crippen LogP contribution in [-0.4, -0.2) is 24.0 Å². The molecule has 0 radical (unpaired) electrons. The zero-order valence-corrected chi connectivity index (χ0v) is 13.3. The summed E-state index contributed by atoms with van der Waals surface area (Å²) >= 11 is 1.75. The molecule has 1 atom stereocenters. The second-order valence-electron chi connectivity index (χ2n) is 5.43. The van der Waals surface area contributed by atoms with Crippen LogP contribution in [-0.2, 0) is 11.2 Å². The Hall–Kier alpha value is -1.46. The molecule has 1 aromatic heterocycles. The number of aryl methyl sites for hydroxylation is 1. The first kappa shape index (κ1) is 15.9. The van der Waals surface area contributed by atoms with Crippen LogP contribution in [0.25, 0.3) is 10.2 Å². The van der Waals surface area contributed by atoms with Crippen molar-refractivity contribution in [2.45, 2.75) is 32.6 Å². The molecule has 0 bridgehead atoms. The van der Waals surface area contributed by atoms with Crippen molar-refractivity contribution in [3.05, 3.63) is 29.3 Å². The minimum Gasteiger partial charge on any atom is -0.356 e. The van der Waals surface area contributed by atoms with Crippen molar-refractivity contribution in [2.24, 2.45) is 11.7 Å². The number of carbonyl (C=O) groups is 1. The van der Waals surface area contributed by atoms with Crippen LogP contribution in [0.4, 0.5) is 0 Å². The molecular weight excluding hydrogens is 282 g/mol. The largest absolute Gasteiger partial charge is 0.356 e. The molecule has 1 unspecified atom stereocenters. The van der Waals surface area contributed by atoms with Gasteiger partial charge in [0.25, 0.3) is 0 Å². The molecule has 0 aliphatic heterocycles. The number of thiazole rings is 1. The molecule has 0 saturated heterocycles. The number of unbranched alkanes of at least 4 members (excludes halogenated alkanes) is 1. The lowest BCUT2D eigenvalue weighted by Crippen LogP contribution is -2.31. The number of hydrogen-bond acceptors (Lipinski definition) is 4. The van der Waals surface area contributed by atoms with Crippen molar-refractivity contribution < 1.29 is 4.79 Å². The lowest BCUT2D eigenvalue weighted by Gasteiger charge is -2.09. The lowest BCUT2D eigenvalue weighted by molar-refractivity contribution is -0.121. The van der Waals surface area contributed by atoms with Crippen molar-refractivity contribution in [3.63, 3.8) is 0 Å². The van der Waals surface area contributed by atoms with Gasteiger partial charge in [0.1, 0.15) is 0 Å². The van der Waals surface area contributed by atoms with E-state index in [1.165, 1.54) is 4.70 Å². The molecule has 1 aromatic carbocycles. The third kappa shape index (κ3) is 5.10. The Labute approximate surface area is 129 Å². The predicted octanol–water partition coefficient (Wildman–Crippen LogP) is 2.72. The summed E-state index contributed by atoms with van der Waals surface area (Å²) in [4.78, 5) is 16.3. The monoisotopic (exact) mass is 305 g/mol. The highest BCUT2D eigenvalue weighted by Gasteiger charge is 2.06. The highest BCUT2D eigenvalue weighted by atomic mass is 32.1. The van der Waals surface area contributed by atoms with E-state index >= 15 is 0 Å². The number of hydrogen-bond donors (Lipinski definition) is 2. The van der Waals surface area contributed by atoms with E-state index in [1.54, 1.807) is 11.3 Å². The maximum atomic E-state index is 11.7. The van der Waals surface area contributed by atoms with Crippen molar-refractivity contribution >= 4 is 27.5 Å². The van der Waals surface area contributed by atoms with Gasteiger partial charge >= 0.3 is 0 Å². The first-order chi connectivity index (χ1) is 10.2. The Bertz CT molecular complexity index is 549. The van der Waals surface area contributed by atoms with E-state index in [1.807, 2.05) is 25.1 Å². The third-order valence-electron chi connectivity index (χ3n) is 3.43. The number of nitrogens with one attached hydrogen (secondary N) is 1. The molecule has 2 aromatic rings. The smallest absolute Gasteiger partial charge is 0.220 e. The molecule has 21 heavy (non-hydrogen) atoms. The fourth-order valence-corrected chi connectivity index (χ4v) is 3.06. The van der Waals surface area contributed by atoms with Crippen molar-refractivity contribution in [1.29, 1.82) is 0 Å². The van der Waals surface area contributed by atoms with E-state index in [9.17, 15) is 4.79 Å². The number of benzene rings is 1. The van der Waals surface area contributed by atoms with E-state index in [4.69, 9.17) is 5.73 Å². The third-order valence-corrected chi connectivity index (χ3v) is 4.53. The molecule has 5 heteroatoms. The fraction of sp³-hybridized carbons (Fsp3) is 0.500. The normalized spacial score (nSPS) is 12.5. The molecule has 1 heterocycles. The SMILES string of the molecule is CC(CN)CNC(=O)CCCCc1nc2ccccc2s1. The summed E-state index contributed by atoms with van der Waals surface area (Å²) < 4.78 is 1.24. The standard InChI is InChI=1S/C16H23N3OS/c1-12(10-17)11-18-15(20)8-4-5-9-16-19-13-6-2-3-7-14(13)21-16/h2-3,6-7,12H,4-5,8-11,17H2,1H3,(H,18,20). The summed E-state index contributed by atoms with van der Waals surface area (Å²) in [5.74, 6) is 0.469. The maximum absolute atomic E-state index is 11.7. The van der Waals surface area contributed by atoms with Crippen LogP contribution in [0.5, 0.6) is 0 Å². The summed E-state index contributed by atoms with van der Waals surface area (Å²) in [5.41, 5.74) is 6.59. The molecule has 0 aliphatic carbocycles. The molecule has 0 saturated carbocycles. The Balaban J connectivity index is 1.66. The van der Waals surface area contributed by atoms with Crippen molar-refractivity contribution in [3.8, 4) is 0 Å². The van der Waals surface area contributed by atoms with Gasteiger partial charge < -0.3 is 11.1 Å². The Morgan fingerprint density at radius 1 is 1.38 bits per heavy atom. The second kappa shape index (κ2) is 8.10. The Morgan fingerprint density at radius 3 is 2.95 bits per heavy atom. The van der Waals surface area contributed by atoms with E-state index in [2.05, 4.69) is 16.4 Å². The van der Waals surface area contributed by atoms with Gasteiger partial charge in [-0.3, -0.25) is 4.79 Å². The first-order valence-electron chi connectivity index (χ1n) is 7.50. The van der Waals surface area contributed by atoms with E-state index in [0.717, 1.165) is 29.8 Å². The maximum Gasteiger partial charge on any atom is 0.220 e. The average Bonchev–Trinajstić information content (AvgIpc) is 2.91. The van der Waals surface area contributed by atoms with Gasteiger partial charge in [-0.1, -0.05) is 19.1 Å². The van der Waals surface area contributed by atoms with Crippen molar-refractivity contribution in [2.75, 3.05) is 13.1 Å². The number of fused-ring (bicyclic) bond motifs is 1. The van der Waals surface area contributed by atoms with Crippen LogP contribution in [0.1, 0.15) is 31.2 Å². The van der Waals surface area contributed by atoms with Gasteiger partial charge in [0.15, 0.2) is 0 Å². The summed E-state index contributed by atoms with van der Waals surface area (Å²) in [7, 11) is 0. The zero-order valence-electron chi connectivity index (χ0n) is 12.5.